The summed E-state index contributed by atoms with van der Waals surface area (Å²) in [6.07, 6.45) is 5.19. The zero-order valence-electron chi connectivity index (χ0n) is 13.8. The smallest absolute Gasteiger partial charge is 0.319 e. The number of pyridine rings is 2. The number of para-hydroxylation sites is 2. The van der Waals surface area contributed by atoms with Gasteiger partial charge in [0.25, 0.3) is 0 Å². The van der Waals surface area contributed by atoms with Gasteiger partial charge in [-0.1, -0.05) is 18.2 Å². The molecule has 0 atom stereocenters. The molecule has 0 radical (unpaired) electrons. The quantitative estimate of drug-likeness (QED) is 0.749. The van der Waals surface area contributed by atoms with Crippen molar-refractivity contribution in [2.24, 2.45) is 0 Å². The summed E-state index contributed by atoms with van der Waals surface area (Å²) >= 11 is 0. The Balaban J connectivity index is 1.69. The maximum absolute atomic E-state index is 12.2. The average molecular weight is 334 g/mol. The van der Waals surface area contributed by atoms with Gasteiger partial charge in [0.2, 0.25) is 0 Å². The summed E-state index contributed by atoms with van der Waals surface area (Å²) in [5, 5.41) is 5.63. The molecular weight excluding hydrogens is 316 g/mol. The lowest BCUT2D eigenvalue weighted by molar-refractivity contribution is 0.251. The number of carbonyl (C=O) groups excluding carboxylic acids is 1. The van der Waals surface area contributed by atoms with Gasteiger partial charge >= 0.3 is 6.03 Å². The third-order valence-corrected chi connectivity index (χ3v) is 3.62. The number of ether oxygens (including phenoxy) is 1. The number of hydrogen-bond acceptors (Lipinski definition) is 4. The highest BCUT2D eigenvalue weighted by atomic mass is 16.5. The van der Waals surface area contributed by atoms with E-state index in [1.165, 1.54) is 0 Å². The number of hydrogen-bond donors (Lipinski definition) is 2. The van der Waals surface area contributed by atoms with Crippen LogP contribution >= 0.6 is 0 Å². The second-order valence-electron chi connectivity index (χ2n) is 5.26. The highest BCUT2D eigenvalue weighted by molar-refractivity contribution is 5.90. The number of amides is 2. The van der Waals surface area contributed by atoms with Crippen molar-refractivity contribution in [3.8, 4) is 17.0 Å². The van der Waals surface area contributed by atoms with Gasteiger partial charge in [-0.2, -0.15) is 0 Å². The molecule has 3 rings (SSSR count). The normalized spacial score (nSPS) is 10.1. The Kier molecular flexibility index (Phi) is 5.21. The second kappa shape index (κ2) is 7.92. The molecule has 0 spiro atoms. The lowest BCUT2D eigenvalue weighted by atomic mass is 10.1. The fourth-order valence-corrected chi connectivity index (χ4v) is 2.43. The molecule has 0 saturated heterocycles. The number of methoxy groups -OCH3 is 1. The molecular formula is C19H18N4O2. The number of nitrogens with zero attached hydrogens (tertiary/aromatic N) is 2. The highest BCUT2D eigenvalue weighted by Gasteiger charge is 2.09. The van der Waals surface area contributed by atoms with Gasteiger partial charge in [0.1, 0.15) is 5.75 Å². The van der Waals surface area contributed by atoms with Gasteiger partial charge in [0.05, 0.1) is 18.5 Å². The summed E-state index contributed by atoms with van der Waals surface area (Å²) in [4.78, 5) is 20.7. The minimum atomic E-state index is -0.314. The van der Waals surface area contributed by atoms with Crippen molar-refractivity contribution in [1.29, 1.82) is 0 Å². The summed E-state index contributed by atoms with van der Waals surface area (Å²) in [6.45, 7) is 0.346. The van der Waals surface area contributed by atoms with E-state index in [-0.39, 0.29) is 6.03 Å². The van der Waals surface area contributed by atoms with Crippen molar-refractivity contribution in [2.75, 3.05) is 12.4 Å². The van der Waals surface area contributed by atoms with Crippen molar-refractivity contribution in [3.05, 3.63) is 72.7 Å². The average Bonchev–Trinajstić information content (AvgIpc) is 2.68. The van der Waals surface area contributed by atoms with Crippen molar-refractivity contribution >= 4 is 11.7 Å². The molecule has 2 N–H and O–H groups in total. The second-order valence-corrected chi connectivity index (χ2v) is 5.26. The minimum absolute atomic E-state index is 0.314. The summed E-state index contributed by atoms with van der Waals surface area (Å²) < 4.78 is 5.23. The zero-order chi connectivity index (χ0) is 17.5. The molecule has 126 valence electrons. The van der Waals surface area contributed by atoms with Crippen LogP contribution in [0.3, 0.4) is 0 Å². The van der Waals surface area contributed by atoms with Gasteiger partial charge < -0.3 is 15.4 Å². The number of rotatable bonds is 5. The van der Waals surface area contributed by atoms with Crippen LogP contribution in [0, 0.1) is 0 Å². The van der Waals surface area contributed by atoms with Gasteiger partial charge in [0.15, 0.2) is 0 Å². The fourth-order valence-electron chi connectivity index (χ4n) is 2.43. The standard InChI is InChI=1S/C19H18N4O2/c1-25-17-9-3-2-8-16(17)23-19(24)22-13-15-7-5-11-21-18(15)14-6-4-10-20-12-14/h2-12H,13H2,1H3,(H2,22,23,24). The van der Waals surface area contributed by atoms with Crippen LogP contribution in [0.4, 0.5) is 10.5 Å². The van der Waals surface area contributed by atoms with Crippen LogP contribution in [-0.2, 0) is 6.54 Å². The first-order chi connectivity index (χ1) is 12.3. The van der Waals surface area contributed by atoms with E-state index in [2.05, 4.69) is 20.6 Å². The third kappa shape index (κ3) is 4.11. The Bertz CT molecular complexity index is 853. The minimum Gasteiger partial charge on any atom is -0.495 e. The number of urea groups is 1. The number of anilines is 1. The highest BCUT2D eigenvalue weighted by Crippen LogP contribution is 2.23. The predicted octanol–water partition coefficient (Wildman–Crippen LogP) is 3.47. The van der Waals surface area contributed by atoms with Crippen LogP contribution in [0.5, 0.6) is 5.75 Å². The van der Waals surface area contributed by atoms with E-state index in [4.69, 9.17) is 4.74 Å². The van der Waals surface area contributed by atoms with Gasteiger partial charge in [-0.3, -0.25) is 9.97 Å². The van der Waals surface area contributed by atoms with Crippen molar-refractivity contribution < 1.29 is 9.53 Å². The molecule has 2 aromatic heterocycles. The molecule has 0 unspecified atom stereocenters. The Morgan fingerprint density at radius 3 is 2.72 bits per heavy atom. The van der Waals surface area contributed by atoms with E-state index in [9.17, 15) is 4.79 Å². The maximum atomic E-state index is 12.2. The van der Waals surface area contributed by atoms with Gasteiger partial charge in [-0.05, 0) is 35.9 Å². The largest absolute Gasteiger partial charge is 0.495 e. The molecule has 6 heteroatoms. The van der Waals surface area contributed by atoms with Crippen molar-refractivity contribution in [3.63, 3.8) is 0 Å². The number of aromatic nitrogens is 2. The third-order valence-electron chi connectivity index (χ3n) is 3.62. The molecule has 1 aromatic carbocycles. The summed E-state index contributed by atoms with van der Waals surface area (Å²) in [5.41, 5.74) is 3.23. The number of nitrogens with one attached hydrogen (secondary N) is 2. The molecule has 0 aliphatic rings. The zero-order valence-corrected chi connectivity index (χ0v) is 13.8. The van der Waals surface area contributed by atoms with E-state index in [0.29, 0.717) is 18.0 Å². The number of benzene rings is 1. The summed E-state index contributed by atoms with van der Waals surface area (Å²) in [7, 11) is 1.56. The van der Waals surface area contributed by atoms with Crippen LogP contribution < -0.4 is 15.4 Å². The molecule has 25 heavy (non-hydrogen) atoms. The van der Waals surface area contributed by atoms with Gasteiger partial charge in [0, 0.05) is 30.7 Å². The Morgan fingerprint density at radius 2 is 1.92 bits per heavy atom. The van der Waals surface area contributed by atoms with Crippen LogP contribution in [0.2, 0.25) is 0 Å². The molecule has 2 amide bonds. The van der Waals surface area contributed by atoms with Crippen LogP contribution in [0.15, 0.2) is 67.1 Å². The monoisotopic (exact) mass is 334 g/mol. The Hall–Kier alpha value is -3.41. The van der Waals surface area contributed by atoms with E-state index < -0.39 is 0 Å². The molecule has 6 nitrogen and oxygen atoms in total. The van der Waals surface area contributed by atoms with Gasteiger partial charge in [-0.25, -0.2) is 4.79 Å². The molecule has 2 heterocycles. The molecule has 0 bridgehead atoms. The molecule has 0 fully saturated rings. The van der Waals surface area contributed by atoms with E-state index in [0.717, 1.165) is 16.8 Å². The van der Waals surface area contributed by atoms with Gasteiger partial charge in [-0.15, -0.1) is 0 Å². The summed E-state index contributed by atoms with van der Waals surface area (Å²) in [5.74, 6) is 0.607. The Labute approximate surface area is 145 Å². The number of carbonyl (C=O) groups is 1. The molecule has 0 saturated carbocycles. The van der Waals surface area contributed by atoms with Crippen LogP contribution in [0.1, 0.15) is 5.56 Å². The van der Waals surface area contributed by atoms with E-state index in [1.807, 2.05) is 36.4 Å². The SMILES string of the molecule is COc1ccccc1NC(=O)NCc1cccnc1-c1cccnc1. The molecule has 0 aliphatic carbocycles. The van der Waals surface area contributed by atoms with Crippen LogP contribution in [-0.4, -0.2) is 23.1 Å². The Morgan fingerprint density at radius 1 is 1.08 bits per heavy atom. The summed E-state index contributed by atoms with van der Waals surface area (Å²) in [6, 6.07) is 14.5. The predicted molar refractivity (Wildman–Crippen MR) is 96.3 cm³/mol. The first-order valence-electron chi connectivity index (χ1n) is 7.80. The topological polar surface area (TPSA) is 76.1 Å². The van der Waals surface area contributed by atoms with Crippen LogP contribution in [0.25, 0.3) is 11.3 Å². The van der Waals surface area contributed by atoms with E-state index >= 15 is 0 Å². The van der Waals surface area contributed by atoms with E-state index in [1.54, 1.807) is 37.8 Å². The lowest BCUT2D eigenvalue weighted by Crippen LogP contribution is -2.28. The molecule has 0 aliphatic heterocycles. The molecule has 3 aromatic rings. The first kappa shape index (κ1) is 16.4. The fraction of sp³-hybridized carbons (Fsp3) is 0.105. The maximum Gasteiger partial charge on any atom is 0.319 e. The van der Waals surface area contributed by atoms with Crippen molar-refractivity contribution in [2.45, 2.75) is 6.54 Å². The van der Waals surface area contributed by atoms with Crippen molar-refractivity contribution in [1.82, 2.24) is 15.3 Å². The first-order valence-corrected chi connectivity index (χ1v) is 7.80. The lowest BCUT2D eigenvalue weighted by Gasteiger charge is -2.12.